The Labute approximate surface area is 154 Å². The van der Waals surface area contributed by atoms with Gasteiger partial charge in [0.2, 0.25) is 0 Å². The fraction of sp³-hybridized carbons (Fsp3) is 0.278. The van der Waals surface area contributed by atoms with Crippen LogP contribution in [0.25, 0.3) is 0 Å². The highest BCUT2D eigenvalue weighted by atomic mass is 32.1. The molecule has 0 bridgehead atoms. The van der Waals surface area contributed by atoms with E-state index < -0.39 is 24.4 Å². The molecule has 7 nitrogen and oxygen atoms in total. The summed E-state index contributed by atoms with van der Waals surface area (Å²) in [5.74, 6) is -1.21. The van der Waals surface area contributed by atoms with E-state index in [0.29, 0.717) is 16.3 Å². The smallest absolute Gasteiger partial charge is 0.338 e. The average molecular weight is 374 g/mol. The molecule has 2 aromatic rings. The lowest BCUT2D eigenvalue weighted by atomic mass is 10.1. The monoisotopic (exact) mass is 374 g/mol. The molecule has 2 amide bonds. The van der Waals surface area contributed by atoms with Crippen molar-refractivity contribution < 1.29 is 23.9 Å². The van der Waals surface area contributed by atoms with Crippen molar-refractivity contribution in [2.24, 2.45) is 5.73 Å². The first-order valence-corrected chi connectivity index (χ1v) is 8.86. The first-order chi connectivity index (χ1) is 12.5. The third-order valence-electron chi connectivity index (χ3n) is 4.06. The molecule has 1 aliphatic rings. The van der Waals surface area contributed by atoms with Crippen molar-refractivity contribution in [3.63, 3.8) is 0 Å². The van der Waals surface area contributed by atoms with Crippen molar-refractivity contribution in [3.05, 3.63) is 45.8 Å². The quantitative estimate of drug-likeness (QED) is 0.753. The van der Waals surface area contributed by atoms with Crippen molar-refractivity contribution in [1.82, 2.24) is 0 Å². The van der Waals surface area contributed by atoms with Crippen molar-refractivity contribution in [3.8, 4) is 5.75 Å². The zero-order valence-electron chi connectivity index (χ0n) is 14.2. The molecular weight excluding hydrogens is 356 g/mol. The first-order valence-electron chi connectivity index (χ1n) is 8.05. The summed E-state index contributed by atoms with van der Waals surface area (Å²) in [4.78, 5) is 36.9. The molecule has 1 aromatic heterocycles. The van der Waals surface area contributed by atoms with E-state index in [1.54, 1.807) is 18.2 Å². The number of nitrogens with one attached hydrogen (secondary N) is 1. The number of hydrogen-bond donors (Lipinski definition) is 2. The van der Waals surface area contributed by atoms with E-state index in [9.17, 15) is 14.4 Å². The molecule has 3 N–H and O–H groups in total. The van der Waals surface area contributed by atoms with Crippen LogP contribution in [-0.4, -0.2) is 31.5 Å². The van der Waals surface area contributed by atoms with Gasteiger partial charge in [0.25, 0.3) is 11.8 Å². The van der Waals surface area contributed by atoms with Crippen molar-refractivity contribution in [2.45, 2.75) is 19.3 Å². The molecule has 136 valence electrons. The molecule has 0 spiro atoms. The summed E-state index contributed by atoms with van der Waals surface area (Å²) in [6.07, 6.45) is 2.64. The van der Waals surface area contributed by atoms with Crippen LogP contribution in [-0.2, 0) is 22.4 Å². The number of hydrogen-bond acceptors (Lipinski definition) is 6. The van der Waals surface area contributed by atoms with Gasteiger partial charge in [0, 0.05) is 4.88 Å². The number of amides is 2. The average Bonchev–Trinajstić information content (AvgIpc) is 3.19. The number of carbonyl (C=O) groups excluding carboxylic acids is 3. The standard InChI is InChI=1S/C18H18N2O5S/c1-24-11-5-2-4-10(8-11)18(23)25-9-14(21)20-17-15(16(19)22)12-6-3-7-13(12)26-17/h2,4-5,8H,3,6-7,9H2,1H3,(H2,19,22)(H,20,21). The lowest BCUT2D eigenvalue weighted by molar-refractivity contribution is -0.119. The number of thiophene rings is 1. The molecule has 0 fully saturated rings. The number of anilines is 1. The zero-order chi connectivity index (χ0) is 18.7. The van der Waals surface area contributed by atoms with Gasteiger partial charge in [-0.3, -0.25) is 9.59 Å². The van der Waals surface area contributed by atoms with Gasteiger partial charge in [-0.05, 0) is 43.0 Å². The fourth-order valence-corrected chi connectivity index (χ4v) is 4.19. The van der Waals surface area contributed by atoms with Crippen LogP contribution in [0.15, 0.2) is 24.3 Å². The van der Waals surface area contributed by atoms with Gasteiger partial charge < -0.3 is 20.5 Å². The van der Waals surface area contributed by atoms with E-state index in [-0.39, 0.29) is 5.56 Å². The topological polar surface area (TPSA) is 108 Å². The van der Waals surface area contributed by atoms with Crippen LogP contribution in [0.2, 0.25) is 0 Å². The van der Waals surface area contributed by atoms with Crippen LogP contribution in [0.5, 0.6) is 5.75 Å². The van der Waals surface area contributed by atoms with Gasteiger partial charge in [-0.15, -0.1) is 11.3 Å². The summed E-state index contributed by atoms with van der Waals surface area (Å²) in [5.41, 5.74) is 7.03. The van der Waals surface area contributed by atoms with Gasteiger partial charge >= 0.3 is 5.97 Å². The molecule has 0 radical (unpaired) electrons. The van der Waals surface area contributed by atoms with Crippen LogP contribution in [0.3, 0.4) is 0 Å². The molecule has 0 aliphatic heterocycles. The Balaban J connectivity index is 1.63. The van der Waals surface area contributed by atoms with E-state index in [1.165, 1.54) is 24.5 Å². The number of rotatable bonds is 6. The maximum absolute atomic E-state index is 12.1. The van der Waals surface area contributed by atoms with Gasteiger partial charge in [-0.2, -0.15) is 0 Å². The largest absolute Gasteiger partial charge is 0.497 e. The Kier molecular flexibility index (Phi) is 5.22. The van der Waals surface area contributed by atoms with Gasteiger partial charge in [-0.25, -0.2) is 4.79 Å². The van der Waals surface area contributed by atoms with Gasteiger partial charge in [-0.1, -0.05) is 6.07 Å². The highest BCUT2D eigenvalue weighted by Gasteiger charge is 2.26. The number of primary amides is 1. The van der Waals surface area contributed by atoms with Gasteiger partial charge in [0.05, 0.1) is 18.2 Å². The second kappa shape index (κ2) is 7.57. The van der Waals surface area contributed by atoms with Crippen molar-refractivity contribution in [1.29, 1.82) is 0 Å². The Morgan fingerprint density at radius 1 is 1.27 bits per heavy atom. The minimum absolute atomic E-state index is 0.282. The van der Waals surface area contributed by atoms with Crippen LogP contribution >= 0.6 is 11.3 Å². The molecule has 1 heterocycles. The third kappa shape index (κ3) is 3.70. The Hall–Kier alpha value is -2.87. The van der Waals surface area contributed by atoms with Crippen LogP contribution in [0, 0.1) is 0 Å². The number of ether oxygens (including phenoxy) is 2. The molecular formula is C18H18N2O5S. The van der Waals surface area contributed by atoms with Crippen LogP contribution in [0.4, 0.5) is 5.00 Å². The second-order valence-corrected chi connectivity index (χ2v) is 6.89. The first kappa shape index (κ1) is 17.9. The normalized spacial score (nSPS) is 12.3. The summed E-state index contributed by atoms with van der Waals surface area (Å²) in [7, 11) is 1.49. The molecule has 1 aliphatic carbocycles. The van der Waals surface area contributed by atoms with Gasteiger partial charge in [0.1, 0.15) is 10.8 Å². The van der Waals surface area contributed by atoms with E-state index >= 15 is 0 Å². The molecule has 26 heavy (non-hydrogen) atoms. The molecule has 3 rings (SSSR count). The Morgan fingerprint density at radius 3 is 2.81 bits per heavy atom. The summed E-state index contributed by atoms with van der Waals surface area (Å²) < 4.78 is 10.1. The fourth-order valence-electron chi connectivity index (χ4n) is 2.88. The minimum Gasteiger partial charge on any atom is -0.497 e. The number of esters is 1. The summed E-state index contributed by atoms with van der Waals surface area (Å²) in [5, 5.41) is 3.05. The van der Waals surface area contributed by atoms with Crippen LogP contribution in [0.1, 0.15) is 37.6 Å². The highest BCUT2D eigenvalue weighted by molar-refractivity contribution is 7.17. The summed E-state index contributed by atoms with van der Waals surface area (Å²) in [6.45, 7) is -0.461. The van der Waals surface area contributed by atoms with Crippen molar-refractivity contribution in [2.75, 3.05) is 19.0 Å². The molecule has 1 aromatic carbocycles. The second-order valence-electron chi connectivity index (χ2n) is 5.78. The summed E-state index contributed by atoms with van der Waals surface area (Å²) >= 11 is 1.35. The summed E-state index contributed by atoms with van der Waals surface area (Å²) in [6, 6.07) is 6.44. The maximum Gasteiger partial charge on any atom is 0.338 e. The number of methoxy groups -OCH3 is 1. The minimum atomic E-state index is -0.636. The van der Waals surface area contributed by atoms with Crippen molar-refractivity contribution >= 4 is 34.1 Å². The van der Waals surface area contributed by atoms with E-state index in [1.807, 2.05) is 0 Å². The molecule has 0 unspecified atom stereocenters. The highest BCUT2D eigenvalue weighted by Crippen LogP contribution is 2.38. The molecule has 0 saturated carbocycles. The number of fused-ring (bicyclic) bond motifs is 1. The Bertz CT molecular complexity index is 874. The molecule has 0 atom stereocenters. The molecule has 0 saturated heterocycles. The third-order valence-corrected chi connectivity index (χ3v) is 5.27. The predicted molar refractivity (Wildman–Crippen MR) is 96.8 cm³/mol. The lowest BCUT2D eigenvalue weighted by Crippen LogP contribution is -2.22. The van der Waals surface area contributed by atoms with E-state index in [4.69, 9.17) is 15.2 Å². The lowest BCUT2D eigenvalue weighted by Gasteiger charge is -2.08. The Morgan fingerprint density at radius 2 is 2.08 bits per heavy atom. The van der Waals surface area contributed by atoms with Gasteiger partial charge in [0.15, 0.2) is 6.61 Å². The maximum atomic E-state index is 12.1. The number of carbonyl (C=O) groups is 3. The van der Waals surface area contributed by atoms with E-state index in [2.05, 4.69) is 5.32 Å². The number of nitrogens with two attached hydrogens (primary N) is 1. The molecule has 8 heteroatoms. The number of aryl methyl sites for hydroxylation is 1. The van der Waals surface area contributed by atoms with E-state index in [0.717, 1.165) is 29.7 Å². The predicted octanol–water partition coefficient (Wildman–Crippen LogP) is 2.14. The number of benzene rings is 1. The zero-order valence-corrected chi connectivity index (χ0v) is 15.0. The van der Waals surface area contributed by atoms with Crippen LogP contribution < -0.4 is 15.8 Å². The SMILES string of the molecule is COc1cccc(C(=O)OCC(=O)Nc2sc3c(c2C(N)=O)CCC3)c1.